The molecule has 3 heterocycles. The zero-order chi connectivity index (χ0) is 19.1. The fourth-order valence-electron chi connectivity index (χ4n) is 4.30. The monoisotopic (exact) mass is 398 g/mol. The third-order valence-corrected chi connectivity index (χ3v) is 6.52. The molecule has 146 valence electrons. The van der Waals surface area contributed by atoms with Crippen LogP contribution >= 0.6 is 11.3 Å². The van der Waals surface area contributed by atoms with Gasteiger partial charge in [0.1, 0.15) is 11.9 Å². The van der Waals surface area contributed by atoms with Crippen molar-refractivity contribution in [3.63, 3.8) is 0 Å². The van der Waals surface area contributed by atoms with E-state index in [-0.39, 0.29) is 6.10 Å². The van der Waals surface area contributed by atoms with E-state index in [9.17, 15) is 5.11 Å². The zero-order valence-electron chi connectivity index (χ0n) is 15.5. The van der Waals surface area contributed by atoms with Gasteiger partial charge >= 0.3 is 0 Å². The lowest BCUT2D eigenvalue weighted by Crippen LogP contribution is -2.42. The highest BCUT2D eigenvalue weighted by Crippen LogP contribution is 2.40. The number of hydrogen-bond donors (Lipinski definition) is 1. The zero-order valence-corrected chi connectivity index (χ0v) is 16.4. The third-order valence-electron chi connectivity index (χ3n) is 5.68. The van der Waals surface area contributed by atoms with E-state index in [4.69, 9.17) is 4.74 Å². The number of nitrogens with zero attached hydrogens (tertiary/aromatic N) is 6. The normalized spacial score (nSPS) is 27.0. The Bertz CT molecular complexity index is 928. The number of aliphatic hydroxyl groups is 1. The molecule has 0 spiro atoms. The number of aromatic nitrogens is 5. The van der Waals surface area contributed by atoms with Crippen molar-refractivity contribution in [2.24, 2.45) is 18.9 Å². The van der Waals surface area contributed by atoms with Crippen LogP contribution in [0.2, 0.25) is 0 Å². The smallest absolute Gasteiger partial charge is 0.204 e. The summed E-state index contributed by atoms with van der Waals surface area (Å²) in [4.78, 5) is 8.21. The van der Waals surface area contributed by atoms with Crippen molar-refractivity contribution in [2.45, 2.75) is 25.0 Å². The van der Waals surface area contributed by atoms with E-state index < -0.39 is 6.10 Å². The molecule has 0 amide bonds. The molecule has 28 heavy (non-hydrogen) atoms. The Kier molecular flexibility index (Phi) is 4.48. The second-order valence-electron chi connectivity index (χ2n) is 7.56. The van der Waals surface area contributed by atoms with Crippen molar-refractivity contribution in [2.75, 3.05) is 18.0 Å². The lowest BCUT2D eigenvalue weighted by molar-refractivity contribution is -0.0231. The molecule has 3 aromatic rings. The average Bonchev–Trinajstić information content (AvgIpc) is 3.43. The fourth-order valence-corrected chi connectivity index (χ4v) is 4.97. The maximum absolute atomic E-state index is 10.6. The number of fused-ring (bicyclic) bond motifs is 1. The lowest BCUT2D eigenvalue weighted by atomic mass is 9.78. The summed E-state index contributed by atoms with van der Waals surface area (Å²) in [6, 6.07) is 7.65. The molecular formula is C19H22N6O2S. The number of aryl methyl sites for hydroxylation is 1. The van der Waals surface area contributed by atoms with Crippen LogP contribution in [0.3, 0.4) is 0 Å². The van der Waals surface area contributed by atoms with Crippen molar-refractivity contribution in [3.8, 4) is 17.1 Å². The molecule has 5 rings (SSSR count). The van der Waals surface area contributed by atoms with E-state index in [1.54, 1.807) is 18.4 Å². The predicted molar refractivity (Wildman–Crippen MR) is 105 cm³/mol. The first-order valence-corrected chi connectivity index (χ1v) is 10.4. The van der Waals surface area contributed by atoms with Gasteiger partial charge in [-0.1, -0.05) is 0 Å². The van der Waals surface area contributed by atoms with Crippen LogP contribution in [-0.2, 0) is 7.05 Å². The maximum atomic E-state index is 10.6. The summed E-state index contributed by atoms with van der Waals surface area (Å²) in [6.07, 6.45) is 2.86. The van der Waals surface area contributed by atoms with Gasteiger partial charge in [-0.05, 0) is 54.2 Å². The van der Waals surface area contributed by atoms with Crippen LogP contribution in [-0.4, -0.2) is 55.6 Å². The minimum Gasteiger partial charge on any atom is -0.488 e. The highest BCUT2D eigenvalue weighted by molar-refractivity contribution is 7.13. The van der Waals surface area contributed by atoms with Gasteiger partial charge in [-0.25, -0.2) is 4.98 Å². The Hall–Kier alpha value is -2.52. The first kappa shape index (κ1) is 17.6. The number of tetrazole rings is 1. The van der Waals surface area contributed by atoms with Crippen molar-refractivity contribution in [1.29, 1.82) is 0 Å². The number of rotatable bonds is 4. The van der Waals surface area contributed by atoms with Crippen molar-refractivity contribution < 1.29 is 9.84 Å². The molecule has 2 aliphatic rings. The molecule has 0 radical (unpaired) electrons. The highest BCUT2D eigenvalue weighted by Gasteiger charge is 2.43. The van der Waals surface area contributed by atoms with E-state index in [2.05, 4.69) is 25.3 Å². The molecule has 1 aliphatic heterocycles. The van der Waals surface area contributed by atoms with E-state index in [0.717, 1.165) is 42.4 Å². The number of benzene rings is 1. The molecule has 1 saturated carbocycles. The van der Waals surface area contributed by atoms with E-state index in [1.807, 2.05) is 35.8 Å². The van der Waals surface area contributed by atoms with Gasteiger partial charge in [0.25, 0.3) is 0 Å². The molecule has 1 saturated heterocycles. The fraction of sp³-hybridized carbons (Fsp3) is 0.474. The predicted octanol–water partition coefficient (Wildman–Crippen LogP) is 1.99. The number of hydrogen-bond acceptors (Lipinski definition) is 8. The number of ether oxygens (including phenoxy) is 1. The summed E-state index contributed by atoms with van der Waals surface area (Å²) in [5.74, 6) is 2.37. The van der Waals surface area contributed by atoms with Crippen LogP contribution in [0.5, 0.6) is 5.75 Å². The standard InChI is InChI=1S/C19H22N6O2S/c1-24-22-18(21-23-24)12-2-4-15(5-3-12)27-17-9-14-11-25(19-20-6-7-28-19)10-13(14)8-16(17)26/h2-7,13-14,16-17,26H,8-11H2,1H3/t13-,14+,16+,17+/m0/s1. The number of aliphatic hydroxyl groups excluding tert-OH is 1. The summed E-state index contributed by atoms with van der Waals surface area (Å²) >= 11 is 1.68. The minimum atomic E-state index is -0.446. The molecule has 1 aliphatic carbocycles. The van der Waals surface area contributed by atoms with Crippen LogP contribution < -0.4 is 9.64 Å². The van der Waals surface area contributed by atoms with E-state index in [0.29, 0.717) is 17.7 Å². The van der Waals surface area contributed by atoms with Crippen LogP contribution in [0.4, 0.5) is 5.13 Å². The van der Waals surface area contributed by atoms with Gasteiger partial charge in [-0.15, -0.1) is 21.5 Å². The molecule has 0 unspecified atom stereocenters. The third kappa shape index (κ3) is 3.35. The van der Waals surface area contributed by atoms with Crippen molar-refractivity contribution >= 4 is 16.5 Å². The van der Waals surface area contributed by atoms with Crippen molar-refractivity contribution in [3.05, 3.63) is 35.8 Å². The summed E-state index contributed by atoms with van der Waals surface area (Å²) < 4.78 is 6.15. The summed E-state index contributed by atoms with van der Waals surface area (Å²) in [7, 11) is 1.74. The Labute approximate surface area is 166 Å². The largest absolute Gasteiger partial charge is 0.488 e. The Morgan fingerprint density at radius 1 is 1.14 bits per heavy atom. The van der Waals surface area contributed by atoms with Gasteiger partial charge in [0.05, 0.1) is 13.2 Å². The van der Waals surface area contributed by atoms with Crippen LogP contribution in [0.1, 0.15) is 12.8 Å². The molecule has 4 atom stereocenters. The molecule has 1 aromatic carbocycles. The first-order chi connectivity index (χ1) is 13.7. The summed E-state index contributed by atoms with van der Waals surface area (Å²) in [5, 5.41) is 25.8. The summed E-state index contributed by atoms with van der Waals surface area (Å²) in [5.41, 5.74) is 0.889. The minimum absolute atomic E-state index is 0.182. The summed E-state index contributed by atoms with van der Waals surface area (Å²) in [6.45, 7) is 1.96. The maximum Gasteiger partial charge on any atom is 0.204 e. The number of anilines is 1. The van der Waals surface area contributed by atoms with E-state index in [1.165, 1.54) is 4.80 Å². The van der Waals surface area contributed by atoms with Crippen LogP contribution in [0.15, 0.2) is 35.8 Å². The average molecular weight is 398 g/mol. The molecule has 2 fully saturated rings. The second-order valence-corrected chi connectivity index (χ2v) is 8.43. The Balaban J connectivity index is 1.25. The quantitative estimate of drug-likeness (QED) is 0.719. The first-order valence-electron chi connectivity index (χ1n) is 9.49. The second kappa shape index (κ2) is 7.14. The van der Waals surface area contributed by atoms with Crippen LogP contribution in [0, 0.1) is 11.8 Å². The van der Waals surface area contributed by atoms with Gasteiger partial charge in [0.2, 0.25) is 5.82 Å². The molecule has 9 heteroatoms. The molecule has 1 N–H and O–H groups in total. The molecule has 8 nitrogen and oxygen atoms in total. The molecule has 2 aromatic heterocycles. The highest BCUT2D eigenvalue weighted by atomic mass is 32.1. The topological polar surface area (TPSA) is 89.2 Å². The van der Waals surface area contributed by atoms with Gasteiger partial charge in [-0.2, -0.15) is 4.80 Å². The Morgan fingerprint density at radius 2 is 1.93 bits per heavy atom. The van der Waals surface area contributed by atoms with Crippen LogP contribution in [0.25, 0.3) is 11.4 Å². The van der Waals surface area contributed by atoms with Gasteiger partial charge < -0.3 is 14.7 Å². The van der Waals surface area contributed by atoms with Crippen molar-refractivity contribution in [1.82, 2.24) is 25.2 Å². The molecule has 0 bridgehead atoms. The molecular weight excluding hydrogens is 376 g/mol. The van der Waals surface area contributed by atoms with Gasteiger partial charge in [0, 0.05) is 30.2 Å². The van der Waals surface area contributed by atoms with Gasteiger partial charge in [0.15, 0.2) is 5.13 Å². The number of thiazole rings is 1. The van der Waals surface area contributed by atoms with E-state index >= 15 is 0 Å². The SMILES string of the molecule is Cn1nnc(-c2ccc(O[C@@H]3C[C@@H]4CN(c5nccs5)C[C@@H]4C[C@H]3O)cc2)n1. The lowest BCUT2D eigenvalue weighted by Gasteiger charge is -2.35. The Morgan fingerprint density at radius 3 is 2.61 bits per heavy atom. The van der Waals surface area contributed by atoms with Gasteiger partial charge in [-0.3, -0.25) is 0 Å².